The number of carbonyl (C=O) groups is 1. The number of nitrogens with zero attached hydrogens (tertiary/aromatic N) is 1. The SMILES string of the molecule is COc1cc(/C=C2/C(=O)Nc3ccccc32)ccc1OCc1ccc(Cl)nc1. The number of aromatic nitrogens is 1. The second kappa shape index (κ2) is 7.74. The molecule has 4 rings (SSSR count). The Balaban J connectivity index is 1.57. The highest BCUT2D eigenvalue weighted by molar-refractivity contribution is 6.34. The maximum Gasteiger partial charge on any atom is 0.256 e. The molecule has 0 bridgehead atoms. The first-order valence-electron chi connectivity index (χ1n) is 8.68. The number of hydrogen-bond acceptors (Lipinski definition) is 4. The van der Waals surface area contributed by atoms with E-state index in [0.717, 1.165) is 22.4 Å². The predicted octanol–water partition coefficient (Wildman–Crippen LogP) is 4.82. The van der Waals surface area contributed by atoms with Crippen molar-refractivity contribution in [2.24, 2.45) is 0 Å². The molecule has 0 fully saturated rings. The number of pyridine rings is 1. The van der Waals surface area contributed by atoms with Gasteiger partial charge in [0.05, 0.1) is 7.11 Å². The summed E-state index contributed by atoms with van der Waals surface area (Å²) in [6, 6.07) is 16.8. The molecular weight excluding hydrogens is 376 g/mol. The van der Waals surface area contributed by atoms with Crippen molar-refractivity contribution >= 4 is 34.8 Å². The second-order valence-electron chi connectivity index (χ2n) is 6.25. The molecule has 5 nitrogen and oxygen atoms in total. The van der Waals surface area contributed by atoms with E-state index in [1.807, 2.05) is 54.6 Å². The highest BCUT2D eigenvalue weighted by atomic mass is 35.5. The fourth-order valence-corrected chi connectivity index (χ4v) is 3.11. The van der Waals surface area contributed by atoms with E-state index in [0.29, 0.717) is 28.8 Å². The summed E-state index contributed by atoms with van der Waals surface area (Å²) in [4.78, 5) is 16.3. The lowest BCUT2D eigenvalue weighted by molar-refractivity contribution is -0.110. The zero-order valence-electron chi connectivity index (χ0n) is 15.1. The molecule has 0 spiro atoms. The van der Waals surface area contributed by atoms with Crippen LogP contribution in [0.3, 0.4) is 0 Å². The minimum atomic E-state index is -0.115. The quantitative estimate of drug-likeness (QED) is 0.499. The van der Waals surface area contributed by atoms with Gasteiger partial charge in [0.25, 0.3) is 5.91 Å². The van der Waals surface area contributed by atoms with Gasteiger partial charge in [-0.1, -0.05) is 41.9 Å². The molecule has 1 aliphatic heterocycles. The van der Waals surface area contributed by atoms with Crippen LogP contribution in [0.1, 0.15) is 16.7 Å². The van der Waals surface area contributed by atoms with Gasteiger partial charge < -0.3 is 14.8 Å². The molecule has 140 valence electrons. The molecule has 1 aromatic heterocycles. The normalized spacial score (nSPS) is 13.9. The van der Waals surface area contributed by atoms with Crippen LogP contribution in [-0.4, -0.2) is 18.0 Å². The number of amides is 1. The van der Waals surface area contributed by atoms with Gasteiger partial charge in [-0.05, 0) is 35.9 Å². The number of anilines is 1. The Kier molecular flexibility index (Phi) is 5.00. The number of ether oxygens (including phenoxy) is 2. The summed E-state index contributed by atoms with van der Waals surface area (Å²) in [5.74, 6) is 1.08. The Morgan fingerprint density at radius 1 is 1.11 bits per heavy atom. The second-order valence-corrected chi connectivity index (χ2v) is 6.63. The van der Waals surface area contributed by atoms with Gasteiger partial charge in [0, 0.05) is 28.6 Å². The number of fused-ring (bicyclic) bond motifs is 1. The summed E-state index contributed by atoms with van der Waals surface area (Å²) in [5.41, 5.74) is 4.08. The van der Waals surface area contributed by atoms with E-state index in [9.17, 15) is 4.79 Å². The van der Waals surface area contributed by atoms with E-state index in [2.05, 4.69) is 10.3 Å². The average molecular weight is 393 g/mol. The lowest BCUT2D eigenvalue weighted by atomic mass is 10.0. The van der Waals surface area contributed by atoms with Crippen molar-refractivity contribution < 1.29 is 14.3 Å². The van der Waals surface area contributed by atoms with Crippen LogP contribution in [0.25, 0.3) is 11.6 Å². The number of rotatable bonds is 5. The zero-order chi connectivity index (χ0) is 19.5. The number of nitrogens with one attached hydrogen (secondary N) is 1. The van der Waals surface area contributed by atoms with Crippen LogP contribution in [0.5, 0.6) is 11.5 Å². The Morgan fingerprint density at radius 3 is 2.75 bits per heavy atom. The zero-order valence-corrected chi connectivity index (χ0v) is 15.9. The molecule has 0 unspecified atom stereocenters. The van der Waals surface area contributed by atoms with Gasteiger partial charge in [-0.25, -0.2) is 4.98 Å². The molecule has 1 aliphatic rings. The number of benzene rings is 2. The molecule has 2 aromatic carbocycles. The maximum atomic E-state index is 12.3. The molecule has 0 aliphatic carbocycles. The number of hydrogen-bond donors (Lipinski definition) is 1. The Hall–Kier alpha value is -3.31. The Labute approximate surface area is 167 Å². The monoisotopic (exact) mass is 392 g/mol. The minimum absolute atomic E-state index is 0.115. The van der Waals surface area contributed by atoms with Crippen LogP contribution in [0, 0.1) is 0 Å². The smallest absolute Gasteiger partial charge is 0.256 e. The summed E-state index contributed by atoms with van der Waals surface area (Å²) < 4.78 is 11.3. The van der Waals surface area contributed by atoms with Gasteiger partial charge in [-0.2, -0.15) is 0 Å². The van der Waals surface area contributed by atoms with Crippen molar-refractivity contribution in [2.45, 2.75) is 6.61 Å². The number of methoxy groups -OCH3 is 1. The molecule has 0 atom stereocenters. The van der Waals surface area contributed by atoms with Gasteiger partial charge in [0.1, 0.15) is 11.8 Å². The van der Waals surface area contributed by atoms with E-state index in [1.54, 1.807) is 19.4 Å². The van der Waals surface area contributed by atoms with E-state index >= 15 is 0 Å². The topological polar surface area (TPSA) is 60.5 Å². The van der Waals surface area contributed by atoms with Gasteiger partial charge in [0.15, 0.2) is 11.5 Å². The van der Waals surface area contributed by atoms with Crippen LogP contribution in [0.4, 0.5) is 5.69 Å². The molecule has 6 heteroatoms. The average Bonchev–Trinajstić information content (AvgIpc) is 3.03. The molecular formula is C22H17ClN2O3. The first-order valence-corrected chi connectivity index (χ1v) is 9.05. The Morgan fingerprint density at radius 2 is 1.96 bits per heavy atom. The predicted molar refractivity (Wildman–Crippen MR) is 110 cm³/mol. The molecule has 2 heterocycles. The summed E-state index contributed by atoms with van der Waals surface area (Å²) in [7, 11) is 1.58. The Bertz CT molecular complexity index is 1060. The highest BCUT2D eigenvalue weighted by Crippen LogP contribution is 2.35. The number of carbonyl (C=O) groups excluding carboxylic acids is 1. The first kappa shape index (κ1) is 18.1. The minimum Gasteiger partial charge on any atom is -0.493 e. The highest BCUT2D eigenvalue weighted by Gasteiger charge is 2.23. The molecule has 1 amide bonds. The van der Waals surface area contributed by atoms with Gasteiger partial charge >= 0.3 is 0 Å². The van der Waals surface area contributed by atoms with Crippen LogP contribution in [0.2, 0.25) is 5.15 Å². The van der Waals surface area contributed by atoms with Crippen LogP contribution in [0.15, 0.2) is 60.8 Å². The molecule has 0 radical (unpaired) electrons. The van der Waals surface area contributed by atoms with Gasteiger partial charge in [-0.3, -0.25) is 4.79 Å². The van der Waals surface area contributed by atoms with Crippen molar-refractivity contribution in [3.63, 3.8) is 0 Å². The standard InChI is InChI=1S/C22H17ClN2O3/c1-27-20-11-14(10-17-16-4-2-3-5-18(16)25-22(17)26)6-8-19(20)28-13-15-7-9-21(23)24-12-15/h2-12H,13H2,1H3,(H,25,26)/b17-10+. The first-order chi connectivity index (χ1) is 13.6. The van der Waals surface area contributed by atoms with E-state index in [-0.39, 0.29) is 5.91 Å². The molecule has 0 saturated heterocycles. The van der Waals surface area contributed by atoms with Crippen molar-refractivity contribution in [1.82, 2.24) is 4.98 Å². The fraction of sp³-hybridized carbons (Fsp3) is 0.0909. The summed E-state index contributed by atoms with van der Waals surface area (Å²) in [6.07, 6.45) is 3.51. The molecule has 1 N–H and O–H groups in total. The molecule has 0 saturated carbocycles. The maximum absolute atomic E-state index is 12.3. The summed E-state index contributed by atoms with van der Waals surface area (Å²) >= 11 is 5.80. The summed E-state index contributed by atoms with van der Waals surface area (Å²) in [6.45, 7) is 0.344. The van der Waals surface area contributed by atoms with E-state index in [1.165, 1.54) is 0 Å². The van der Waals surface area contributed by atoms with Crippen molar-refractivity contribution in [2.75, 3.05) is 12.4 Å². The van der Waals surface area contributed by atoms with Crippen molar-refractivity contribution in [3.8, 4) is 11.5 Å². The molecule has 28 heavy (non-hydrogen) atoms. The van der Waals surface area contributed by atoms with Gasteiger partial charge in [0.2, 0.25) is 0 Å². The van der Waals surface area contributed by atoms with Gasteiger partial charge in [-0.15, -0.1) is 0 Å². The fourth-order valence-electron chi connectivity index (χ4n) is 3.00. The largest absolute Gasteiger partial charge is 0.493 e. The van der Waals surface area contributed by atoms with Crippen LogP contribution >= 0.6 is 11.6 Å². The van der Waals surface area contributed by atoms with Crippen LogP contribution < -0.4 is 14.8 Å². The van der Waals surface area contributed by atoms with Crippen LogP contribution in [-0.2, 0) is 11.4 Å². The van der Waals surface area contributed by atoms with Crippen molar-refractivity contribution in [3.05, 3.63) is 82.6 Å². The van der Waals surface area contributed by atoms with E-state index in [4.69, 9.17) is 21.1 Å². The third-order valence-corrected chi connectivity index (χ3v) is 4.62. The number of halogens is 1. The number of para-hydroxylation sites is 1. The lowest BCUT2D eigenvalue weighted by Crippen LogP contribution is -2.03. The summed E-state index contributed by atoms with van der Waals surface area (Å²) in [5, 5.41) is 3.31. The lowest BCUT2D eigenvalue weighted by Gasteiger charge is -2.11. The van der Waals surface area contributed by atoms with E-state index < -0.39 is 0 Å². The van der Waals surface area contributed by atoms with Crippen molar-refractivity contribution in [1.29, 1.82) is 0 Å². The molecule has 3 aromatic rings. The third-order valence-electron chi connectivity index (χ3n) is 4.39. The third kappa shape index (κ3) is 3.70.